The normalized spacial score (nSPS) is 13.2. The molecule has 3 N–H and O–H groups in total. The van der Waals surface area contributed by atoms with E-state index in [1.165, 1.54) is 19.1 Å². The van der Waals surface area contributed by atoms with Crippen molar-refractivity contribution in [3.05, 3.63) is 65.2 Å². The monoisotopic (exact) mass is 347 g/mol. The lowest BCUT2D eigenvalue weighted by molar-refractivity contribution is -0.710. The van der Waals surface area contributed by atoms with Crippen molar-refractivity contribution in [1.82, 2.24) is 0 Å². The number of benzene rings is 2. The molecule has 25 heavy (non-hydrogen) atoms. The Kier molecular flexibility index (Phi) is 5.98. The topological polar surface area (TPSA) is 62.8 Å². The van der Waals surface area contributed by atoms with E-state index in [1.807, 2.05) is 0 Å². The predicted octanol–water partition coefficient (Wildman–Crippen LogP) is 2.82. The van der Waals surface area contributed by atoms with Crippen molar-refractivity contribution in [2.75, 3.05) is 5.32 Å². The molecule has 2 atom stereocenters. The molecule has 0 aliphatic rings. The van der Waals surface area contributed by atoms with Crippen LogP contribution in [0.25, 0.3) is 0 Å². The number of carbonyl (C=O) groups excluding carboxylic acids is 2. The zero-order valence-electron chi connectivity index (χ0n) is 14.3. The van der Waals surface area contributed by atoms with E-state index < -0.39 is 17.7 Å². The number of anilines is 1. The number of hydrogen-bond donors (Lipinski definition) is 2. The van der Waals surface area contributed by atoms with Gasteiger partial charge in [0, 0.05) is 22.9 Å². The SMILES string of the molecule is CC(=O)c1cccc(NC(=O)[C@H](C)[NH2+][C@H](C)c2ccc(F)cc2F)c1. The van der Waals surface area contributed by atoms with E-state index in [9.17, 15) is 18.4 Å². The number of Topliss-reactive ketones (excluding diaryl/α,β-unsaturated/α-hetero) is 1. The second kappa shape index (κ2) is 7.98. The summed E-state index contributed by atoms with van der Waals surface area (Å²) in [4.78, 5) is 23.7. The molecule has 0 aromatic heterocycles. The van der Waals surface area contributed by atoms with Gasteiger partial charge in [0.15, 0.2) is 11.8 Å². The molecule has 0 saturated carbocycles. The molecule has 0 fully saturated rings. The third kappa shape index (κ3) is 4.93. The number of amides is 1. The molecule has 4 nitrogen and oxygen atoms in total. The van der Waals surface area contributed by atoms with Gasteiger partial charge in [-0.25, -0.2) is 8.78 Å². The molecular weight excluding hydrogens is 326 g/mol. The molecule has 0 unspecified atom stereocenters. The smallest absolute Gasteiger partial charge is 0.282 e. The van der Waals surface area contributed by atoms with Crippen molar-refractivity contribution in [3.8, 4) is 0 Å². The van der Waals surface area contributed by atoms with Gasteiger partial charge >= 0.3 is 0 Å². The summed E-state index contributed by atoms with van der Waals surface area (Å²) in [5, 5.41) is 4.44. The first-order valence-corrected chi connectivity index (χ1v) is 7.99. The van der Waals surface area contributed by atoms with Crippen LogP contribution in [0.3, 0.4) is 0 Å². The Bertz CT molecular complexity index is 793. The molecule has 0 heterocycles. The fraction of sp³-hybridized carbons (Fsp3) is 0.263. The minimum atomic E-state index is -0.635. The van der Waals surface area contributed by atoms with E-state index in [1.54, 1.807) is 43.4 Å². The lowest BCUT2D eigenvalue weighted by Crippen LogP contribution is -2.91. The highest BCUT2D eigenvalue weighted by Crippen LogP contribution is 2.15. The number of nitrogens with one attached hydrogen (secondary N) is 1. The van der Waals surface area contributed by atoms with Gasteiger partial charge in [0.25, 0.3) is 5.91 Å². The van der Waals surface area contributed by atoms with Crippen molar-refractivity contribution >= 4 is 17.4 Å². The Morgan fingerprint density at radius 1 is 1.08 bits per heavy atom. The predicted molar refractivity (Wildman–Crippen MR) is 91.2 cm³/mol. The number of quaternary nitrogens is 1. The van der Waals surface area contributed by atoms with Gasteiger partial charge in [0.2, 0.25) is 0 Å². The van der Waals surface area contributed by atoms with Gasteiger partial charge in [-0.3, -0.25) is 9.59 Å². The molecule has 0 aliphatic carbocycles. The Morgan fingerprint density at radius 2 is 1.80 bits per heavy atom. The molecule has 0 aliphatic heterocycles. The van der Waals surface area contributed by atoms with Gasteiger partial charge in [-0.1, -0.05) is 12.1 Å². The van der Waals surface area contributed by atoms with Crippen molar-refractivity contribution in [3.63, 3.8) is 0 Å². The largest absolute Gasteiger partial charge is 0.330 e. The summed E-state index contributed by atoms with van der Waals surface area (Å²) < 4.78 is 26.8. The second-order valence-electron chi connectivity index (χ2n) is 6.06. The van der Waals surface area contributed by atoms with Crippen LogP contribution in [-0.2, 0) is 4.79 Å². The van der Waals surface area contributed by atoms with Crippen LogP contribution >= 0.6 is 0 Å². The Balaban J connectivity index is 2.02. The number of ketones is 1. The molecule has 2 rings (SSSR count). The van der Waals surface area contributed by atoms with Gasteiger partial charge < -0.3 is 10.6 Å². The van der Waals surface area contributed by atoms with Crippen molar-refractivity contribution in [1.29, 1.82) is 0 Å². The zero-order valence-corrected chi connectivity index (χ0v) is 14.3. The van der Waals surface area contributed by atoms with Crippen LogP contribution in [0.4, 0.5) is 14.5 Å². The molecule has 2 aromatic rings. The molecule has 6 heteroatoms. The van der Waals surface area contributed by atoms with Gasteiger partial charge in [0.05, 0.1) is 0 Å². The first-order chi connectivity index (χ1) is 11.8. The van der Waals surface area contributed by atoms with Gasteiger partial charge in [0.1, 0.15) is 17.7 Å². The van der Waals surface area contributed by atoms with Crippen LogP contribution in [0, 0.1) is 11.6 Å². The van der Waals surface area contributed by atoms with Crippen LogP contribution in [0.5, 0.6) is 0 Å². The lowest BCUT2D eigenvalue weighted by atomic mass is 10.1. The summed E-state index contributed by atoms with van der Waals surface area (Å²) >= 11 is 0. The van der Waals surface area contributed by atoms with Crippen LogP contribution in [0.1, 0.15) is 42.7 Å². The number of nitrogens with two attached hydrogens (primary N) is 1. The molecule has 0 bridgehead atoms. The summed E-state index contributed by atoms with van der Waals surface area (Å²) in [6, 6.07) is 9.22. The standard InChI is InChI=1S/C19H20F2N2O2/c1-11(17-8-7-15(20)10-18(17)21)22-12(2)19(25)23-16-6-4-5-14(9-16)13(3)24/h4-12,22H,1-3H3,(H,23,25)/p+1/t11-,12+/m1/s1. The van der Waals surface area contributed by atoms with Crippen molar-refractivity contribution in [2.24, 2.45) is 0 Å². The zero-order chi connectivity index (χ0) is 18.6. The first-order valence-electron chi connectivity index (χ1n) is 7.99. The maximum Gasteiger partial charge on any atom is 0.282 e. The quantitative estimate of drug-likeness (QED) is 0.790. The van der Waals surface area contributed by atoms with E-state index >= 15 is 0 Å². The van der Waals surface area contributed by atoms with Gasteiger partial charge in [-0.15, -0.1) is 0 Å². The average Bonchev–Trinajstić information content (AvgIpc) is 2.54. The molecular formula is C19H21F2N2O2+. The molecule has 0 saturated heterocycles. The molecule has 2 aromatic carbocycles. The van der Waals surface area contributed by atoms with E-state index in [4.69, 9.17) is 0 Å². The number of hydrogen-bond acceptors (Lipinski definition) is 2. The Morgan fingerprint density at radius 3 is 2.44 bits per heavy atom. The van der Waals surface area contributed by atoms with Crippen LogP contribution < -0.4 is 10.6 Å². The Labute approximate surface area is 145 Å². The minimum Gasteiger partial charge on any atom is -0.330 e. The van der Waals surface area contributed by atoms with E-state index in [0.29, 0.717) is 16.8 Å². The average molecular weight is 347 g/mol. The van der Waals surface area contributed by atoms with Gasteiger partial charge in [-0.05, 0) is 45.0 Å². The van der Waals surface area contributed by atoms with E-state index in [0.717, 1.165) is 6.07 Å². The summed E-state index contributed by atoms with van der Waals surface area (Å²) in [5.74, 6) is -1.62. The van der Waals surface area contributed by atoms with Crippen LogP contribution in [-0.4, -0.2) is 17.7 Å². The molecule has 0 spiro atoms. The highest BCUT2D eigenvalue weighted by atomic mass is 19.1. The lowest BCUT2D eigenvalue weighted by Gasteiger charge is -2.17. The maximum atomic E-state index is 13.8. The third-order valence-electron chi connectivity index (χ3n) is 3.98. The van der Waals surface area contributed by atoms with Crippen molar-refractivity contribution in [2.45, 2.75) is 32.9 Å². The highest BCUT2D eigenvalue weighted by molar-refractivity contribution is 5.97. The third-order valence-corrected chi connectivity index (χ3v) is 3.98. The fourth-order valence-corrected chi connectivity index (χ4v) is 2.57. The Hall–Kier alpha value is -2.60. The molecule has 0 radical (unpaired) electrons. The van der Waals surface area contributed by atoms with Crippen LogP contribution in [0.2, 0.25) is 0 Å². The van der Waals surface area contributed by atoms with Crippen molar-refractivity contribution < 1.29 is 23.7 Å². The summed E-state index contributed by atoms with van der Waals surface area (Å²) in [7, 11) is 0. The summed E-state index contributed by atoms with van der Waals surface area (Å²) in [6.45, 7) is 4.90. The van der Waals surface area contributed by atoms with Gasteiger partial charge in [-0.2, -0.15) is 0 Å². The fourth-order valence-electron chi connectivity index (χ4n) is 2.57. The molecule has 1 amide bonds. The summed E-state index contributed by atoms with van der Waals surface area (Å²) in [5.41, 5.74) is 1.37. The van der Waals surface area contributed by atoms with Crippen LogP contribution in [0.15, 0.2) is 42.5 Å². The second-order valence-corrected chi connectivity index (χ2v) is 6.06. The molecule has 132 valence electrons. The maximum absolute atomic E-state index is 13.8. The number of halogens is 2. The highest BCUT2D eigenvalue weighted by Gasteiger charge is 2.22. The van der Waals surface area contributed by atoms with E-state index in [2.05, 4.69) is 5.32 Å². The number of carbonyl (C=O) groups is 2. The summed E-state index contributed by atoms with van der Waals surface area (Å²) in [6.07, 6.45) is 0. The van der Waals surface area contributed by atoms with E-state index in [-0.39, 0.29) is 17.7 Å². The minimum absolute atomic E-state index is 0.0869. The first kappa shape index (κ1) is 18.7. The number of rotatable bonds is 6.